The van der Waals surface area contributed by atoms with Gasteiger partial charge in [0, 0.05) is 24.7 Å². The molecule has 0 fully saturated rings. The minimum atomic E-state index is -0.275. The van der Waals surface area contributed by atoms with Gasteiger partial charge in [0.2, 0.25) is 0 Å². The molecule has 0 radical (unpaired) electrons. The van der Waals surface area contributed by atoms with Crippen LogP contribution in [0.15, 0.2) is 45.9 Å². The molecule has 1 heterocycles. The van der Waals surface area contributed by atoms with E-state index in [1.165, 1.54) is 6.07 Å². The number of nitrogens with zero attached hydrogens (tertiary/aromatic N) is 1. The third-order valence-corrected chi connectivity index (χ3v) is 4.29. The van der Waals surface area contributed by atoms with Crippen LogP contribution in [0, 0.1) is 5.82 Å². The first-order valence-corrected chi connectivity index (χ1v) is 8.81. The predicted molar refractivity (Wildman–Crippen MR) is 115 cm³/mol. The molecule has 0 unspecified atom stereocenters. The quantitative estimate of drug-likeness (QED) is 0.347. The van der Waals surface area contributed by atoms with E-state index in [9.17, 15) is 4.39 Å². The summed E-state index contributed by atoms with van der Waals surface area (Å²) in [7, 11) is 0. The molecule has 0 saturated heterocycles. The molecule has 0 amide bonds. The van der Waals surface area contributed by atoms with Gasteiger partial charge in [-0.2, -0.15) is 0 Å². The third-order valence-electron chi connectivity index (χ3n) is 3.69. The van der Waals surface area contributed by atoms with Crippen molar-refractivity contribution in [2.75, 3.05) is 25.1 Å². The fraction of sp³-hybridized carbons (Fsp3) is 0.278. The highest BCUT2D eigenvalue weighted by molar-refractivity contribution is 14.0. The molecule has 0 atom stereocenters. The molecule has 5 nitrogen and oxygen atoms in total. The fourth-order valence-corrected chi connectivity index (χ4v) is 2.86. The second-order valence-electron chi connectivity index (χ2n) is 5.60. The van der Waals surface area contributed by atoms with Crippen LogP contribution < -0.4 is 20.5 Å². The number of rotatable bonds is 4. The third kappa shape index (κ3) is 5.73. The van der Waals surface area contributed by atoms with Crippen LogP contribution in [0.3, 0.4) is 0 Å². The van der Waals surface area contributed by atoms with E-state index in [1.54, 1.807) is 12.1 Å². The van der Waals surface area contributed by atoms with Crippen LogP contribution >= 0.6 is 39.9 Å². The van der Waals surface area contributed by atoms with Crippen molar-refractivity contribution in [3.63, 3.8) is 0 Å². The molecule has 0 aliphatic carbocycles. The second kappa shape index (κ2) is 9.96. The van der Waals surface area contributed by atoms with Gasteiger partial charge in [-0.25, -0.2) is 4.39 Å². The van der Waals surface area contributed by atoms with Crippen LogP contribution in [0.4, 0.5) is 10.1 Å². The van der Waals surface area contributed by atoms with Gasteiger partial charge in [-0.1, -0.05) is 6.07 Å². The molecular formula is C18H20BrFIN3O2. The number of guanidine groups is 1. The fourth-order valence-electron chi connectivity index (χ4n) is 2.43. The number of hydrogen-bond donors (Lipinski definition) is 2. The second-order valence-corrected chi connectivity index (χ2v) is 6.46. The van der Waals surface area contributed by atoms with E-state index < -0.39 is 0 Å². The minimum absolute atomic E-state index is 0. The maximum atomic E-state index is 13.2. The average Bonchev–Trinajstić information content (AvgIpc) is 2.83. The van der Waals surface area contributed by atoms with E-state index in [-0.39, 0.29) is 29.8 Å². The summed E-state index contributed by atoms with van der Waals surface area (Å²) >= 11 is 3.18. The highest BCUT2D eigenvalue weighted by Gasteiger charge is 2.10. The Morgan fingerprint density at radius 2 is 1.92 bits per heavy atom. The van der Waals surface area contributed by atoms with Crippen molar-refractivity contribution in [1.82, 2.24) is 0 Å². The molecule has 3 rings (SSSR count). The summed E-state index contributed by atoms with van der Waals surface area (Å²) in [5.74, 6) is 1.48. The molecule has 140 valence electrons. The largest absolute Gasteiger partial charge is 0.490 e. The number of anilines is 1. The van der Waals surface area contributed by atoms with Gasteiger partial charge in [-0.15, -0.1) is 24.0 Å². The van der Waals surface area contributed by atoms with Crippen LogP contribution in [0.25, 0.3) is 0 Å². The number of ether oxygens (including phenoxy) is 2. The zero-order chi connectivity index (χ0) is 17.6. The lowest BCUT2D eigenvalue weighted by Crippen LogP contribution is -2.23. The predicted octanol–water partition coefficient (Wildman–Crippen LogP) is 4.34. The minimum Gasteiger partial charge on any atom is -0.490 e. The van der Waals surface area contributed by atoms with E-state index in [1.807, 2.05) is 18.2 Å². The lowest BCUT2D eigenvalue weighted by atomic mass is 10.1. The van der Waals surface area contributed by atoms with Crippen molar-refractivity contribution in [2.45, 2.75) is 12.8 Å². The normalized spacial score (nSPS) is 13.5. The van der Waals surface area contributed by atoms with Gasteiger partial charge in [0.05, 0.1) is 17.7 Å². The van der Waals surface area contributed by atoms with E-state index >= 15 is 0 Å². The maximum Gasteiger partial charge on any atom is 0.193 e. The van der Waals surface area contributed by atoms with E-state index in [4.69, 9.17) is 15.2 Å². The Morgan fingerprint density at radius 3 is 2.69 bits per heavy atom. The number of aliphatic imine (C=N–C) groups is 1. The van der Waals surface area contributed by atoms with Gasteiger partial charge in [0.25, 0.3) is 0 Å². The molecule has 0 spiro atoms. The molecule has 0 bridgehead atoms. The summed E-state index contributed by atoms with van der Waals surface area (Å²) in [6.45, 7) is 1.79. The zero-order valence-corrected chi connectivity index (χ0v) is 17.9. The molecule has 1 aliphatic rings. The zero-order valence-electron chi connectivity index (χ0n) is 14.0. The Bertz CT molecular complexity index is 789. The Labute approximate surface area is 177 Å². The van der Waals surface area contributed by atoms with Crippen LogP contribution in [-0.4, -0.2) is 25.7 Å². The molecule has 0 saturated carbocycles. The van der Waals surface area contributed by atoms with Gasteiger partial charge in [0.15, 0.2) is 17.5 Å². The molecule has 3 N–H and O–H groups in total. The summed E-state index contributed by atoms with van der Waals surface area (Å²) < 4.78 is 24.9. The summed E-state index contributed by atoms with van der Waals surface area (Å²) in [5, 5.41) is 3.04. The number of nitrogens with one attached hydrogen (secondary N) is 1. The smallest absolute Gasteiger partial charge is 0.193 e. The van der Waals surface area contributed by atoms with Crippen molar-refractivity contribution < 1.29 is 13.9 Å². The summed E-state index contributed by atoms with van der Waals surface area (Å²) in [6, 6.07) is 10.5. The molecule has 0 aromatic heterocycles. The molecule has 8 heteroatoms. The van der Waals surface area contributed by atoms with Crippen molar-refractivity contribution >= 4 is 51.6 Å². The number of hydrogen-bond acceptors (Lipinski definition) is 3. The molecule has 1 aliphatic heterocycles. The summed E-state index contributed by atoms with van der Waals surface area (Å²) in [6.07, 6.45) is 1.53. The van der Waals surface area contributed by atoms with E-state index in [2.05, 4.69) is 26.2 Å². The molecule has 2 aromatic carbocycles. The Balaban J connectivity index is 0.00000243. The van der Waals surface area contributed by atoms with Crippen LogP contribution in [-0.2, 0) is 6.42 Å². The molecule has 26 heavy (non-hydrogen) atoms. The highest BCUT2D eigenvalue weighted by atomic mass is 127. The number of halogens is 3. The number of fused-ring (bicyclic) bond motifs is 1. The van der Waals surface area contributed by atoms with Crippen LogP contribution in [0.5, 0.6) is 11.5 Å². The Hall–Kier alpha value is -1.55. The van der Waals surface area contributed by atoms with Gasteiger partial charge in [-0.3, -0.25) is 4.99 Å². The molecule has 2 aromatic rings. The van der Waals surface area contributed by atoms with Crippen molar-refractivity contribution in [3.05, 3.63) is 52.3 Å². The Kier molecular flexibility index (Phi) is 7.95. The van der Waals surface area contributed by atoms with E-state index in [0.29, 0.717) is 42.4 Å². The Morgan fingerprint density at radius 1 is 1.15 bits per heavy atom. The monoisotopic (exact) mass is 535 g/mol. The van der Waals surface area contributed by atoms with Crippen molar-refractivity contribution in [1.29, 1.82) is 0 Å². The van der Waals surface area contributed by atoms with Crippen molar-refractivity contribution in [2.24, 2.45) is 10.7 Å². The lowest BCUT2D eigenvalue weighted by Gasteiger charge is -2.10. The first-order valence-electron chi connectivity index (χ1n) is 8.02. The number of benzene rings is 2. The van der Waals surface area contributed by atoms with E-state index in [0.717, 1.165) is 23.4 Å². The number of nitrogens with two attached hydrogens (primary N) is 1. The first kappa shape index (κ1) is 20.8. The van der Waals surface area contributed by atoms with Gasteiger partial charge >= 0.3 is 0 Å². The van der Waals surface area contributed by atoms with Gasteiger partial charge < -0.3 is 20.5 Å². The summed E-state index contributed by atoms with van der Waals surface area (Å²) in [5.41, 5.74) is 7.70. The highest BCUT2D eigenvalue weighted by Crippen LogP contribution is 2.32. The SMILES string of the molecule is I.NC(=NCCc1ccc(F)c(Br)c1)Nc1ccc2c(c1)OCCCO2. The average molecular weight is 536 g/mol. The van der Waals surface area contributed by atoms with Crippen molar-refractivity contribution in [3.8, 4) is 11.5 Å². The van der Waals surface area contributed by atoms with Crippen LogP contribution in [0.2, 0.25) is 0 Å². The van der Waals surface area contributed by atoms with Gasteiger partial charge in [-0.05, 0) is 52.2 Å². The molecular weight excluding hydrogens is 516 g/mol. The first-order chi connectivity index (χ1) is 12.1. The van der Waals surface area contributed by atoms with Gasteiger partial charge in [0.1, 0.15) is 5.82 Å². The summed E-state index contributed by atoms with van der Waals surface area (Å²) in [4.78, 5) is 4.30. The maximum absolute atomic E-state index is 13.2. The topological polar surface area (TPSA) is 68.9 Å². The van der Waals surface area contributed by atoms with Crippen LogP contribution in [0.1, 0.15) is 12.0 Å². The lowest BCUT2D eigenvalue weighted by molar-refractivity contribution is 0.297. The standard InChI is InChI=1S/C18H19BrFN3O2.HI/c19-14-10-12(2-4-15(14)20)6-7-22-18(21)23-13-3-5-16-17(11-13)25-9-1-8-24-16;/h2-5,10-11H,1,6-9H2,(H3,21,22,23);1H.